The van der Waals surface area contributed by atoms with Crippen LogP contribution in [0.1, 0.15) is 155 Å². The van der Waals surface area contributed by atoms with Crippen LogP contribution in [0.25, 0.3) is 0 Å². The minimum Gasteiger partial charge on any atom is -0.498 e. The van der Waals surface area contributed by atoms with E-state index in [0.717, 1.165) is 25.7 Å². The molecule has 2 N–H and O–H groups in total. The third-order valence-corrected chi connectivity index (χ3v) is 9.87. The van der Waals surface area contributed by atoms with Gasteiger partial charge in [0.05, 0.1) is 40.1 Å². The standard InChI is InChI=1S/C46H82NO8P/c1-6-8-10-12-14-15-16-17-18-19-20-21-22-27-31-35-40-52-42-45(43-54-56(50,51)53-41-39-47(3,4)5)55-46(49)38-34-30-26-23-25-29-33-37-44(48)36-32-28-24-13-11-9-7-2/h15-16,23-24,26,28-29,32-33,35-36,40,44-45,48H,6-14,17-22,25,27,30-31,34,37-39,41-43H2,1-5H3/p+1/b16-15-,26-23+,28-24-,33-29-,36-32-,40-35+/t44-,45+/m0/s1. The number of aliphatic hydroxyl groups excluding tert-OH is 1. The summed E-state index contributed by atoms with van der Waals surface area (Å²) in [5, 5.41) is 10.1. The van der Waals surface area contributed by atoms with E-state index >= 15 is 0 Å². The number of phosphoric ester groups is 1. The van der Waals surface area contributed by atoms with E-state index in [1.807, 2.05) is 63.7 Å². The van der Waals surface area contributed by atoms with E-state index in [2.05, 4.69) is 32.1 Å². The predicted octanol–water partition coefficient (Wildman–Crippen LogP) is 12.0. The van der Waals surface area contributed by atoms with Gasteiger partial charge < -0.3 is 24.0 Å². The van der Waals surface area contributed by atoms with Crippen LogP contribution in [0, 0.1) is 0 Å². The highest BCUT2D eigenvalue weighted by Gasteiger charge is 2.26. The predicted molar refractivity (Wildman–Crippen MR) is 234 cm³/mol. The molecule has 0 rings (SSSR count). The first kappa shape index (κ1) is 53.7. The molecule has 0 fully saturated rings. The van der Waals surface area contributed by atoms with Gasteiger partial charge in [0.15, 0.2) is 6.10 Å². The quantitative estimate of drug-likeness (QED) is 0.0120. The Morgan fingerprint density at radius 3 is 1.89 bits per heavy atom. The van der Waals surface area contributed by atoms with Gasteiger partial charge in [-0.1, -0.05) is 132 Å². The van der Waals surface area contributed by atoms with Crippen molar-refractivity contribution in [2.24, 2.45) is 0 Å². The van der Waals surface area contributed by atoms with Gasteiger partial charge in [-0.25, -0.2) is 4.57 Å². The molecule has 0 aliphatic carbocycles. The molecule has 0 spiro atoms. The van der Waals surface area contributed by atoms with Crippen molar-refractivity contribution in [3.8, 4) is 0 Å². The molecule has 1 unspecified atom stereocenters. The molecule has 0 aliphatic rings. The van der Waals surface area contributed by atoms with Crippen molar-refractivity contribution in [2.45, 2.75) is 167 Å². The maximum absolute atomic E-state index is 12.7. The summed E-state index contributed by atoms with van der Waals surface area (Å²) in [6.45, 7) is 4.71. The summed E-state index contributed by atoms with van der Waals surface area (Å²) in [5.74, 6) is -0.422. The molecule has 0 aromatic carbocycles. The Bertz CT molecular complexity index is 1140. The van der Waals surface area contributed by atoms with Crippen LogP contribution in [0.5, 0.6) is 0 Å². The fraction of sp³-hybridized carbons (Fsp3) is 0.717. The van der Waals surface area contributed by atoms with Gasteiger partial charge in [0.2, 0.25) is 0 Å². The maximum atomic E-state index is 12.7. The Kier molecular flexibility index (Phi) is 36.7. The van der Waals surface area contributed by atoms with E-state index in [1.54, 1.807) is 12.3 Å². The van der Waals surface area contributed by atoms with Crippen molar-refractivity contribution in [1.82, 2.24) is 0 Å². The lowest BCUT2D eigenvalue weighted by molar-refractivity contribution is -0.870. The highest BCUT2D eigenvalue weighted by molar-refractivity contribution is 7.47. The second kappa shape index (κ2) is 38.3. The van der Waals surface area contributed by atoms with Crippen LogP contribution in [-0.2, 0) is 27.9 Å². The van der Waals surface area contributed by atoms with Crippen LogP contribution in [0.4, 0.5) is 0 Å². The third kappa shape index (κ3) is 41.4. The molecule has 0 aromatic heterocycles. The molecule has 0 amide bonds. The van der Waals surface area contributed by atoms with Crippen LogP contribution in [0.3, 0.4) is 0 Å². The lowest BCUT2D eigenvalue weighted by atomic mass is 10.1. The SMILES string of the molecule is CCCCC/C=C\C=C/[C@H](O)C/C=C\C/C=C/CCCC(=O)O[C@H](CO/C=C/CCCCCCCC/C=C\CCCCCC)COP(=O)(O)OCC[N+](C)(C)C. The fourth-order valence-corrected chi connectivity index (χ4v) is 6.15. The minimum atomic E-state index is -4.33. The molecule has 0 radical (unpaired) electrons. The number of allylic oxidation sites excluding steroid dienone is 9. The molecule has 0 saturated heterocycles. The first-order chi connectivity index (χ1) is 27.0. The number of unbranched alkanes of at least 4 members (excludes halogenated alkanes) is 15. The molecule has 0 saturated carbocycles. The van der Waals surface area contributed by atoms with Crippen LogP contribution in [0.2, 0.25) is 0 Å². The average Bonchev–Trinajstić information content (AvgIpc) is 3.14. The highest BCUT2D eigenvalue weighted by Crippen LogP contribution is 2.43. The van der Waals surface area contributed by atoms with Crippen molar-refractivity contribution >= 4 is 13.8 Å². The zero-order chi connectivity index (χ0) is 41.4. The first-order valence-electron chi connectivity index (χ1n) is 21.8. The van der Waals surface area contributed by atoms with Crippen molar-refractivity contribution in [3.05, 3.63) is 73.1 Å². The number of carbonyl (C=O) groups excluding carboxylic acids is 1. The van der Waals surface area contributed by atoms with Crippen molar-refractivity contribution in [1.29, 1.82) is 0 Å². The zero-order valence-corrected chi connectivity index (χ0v) is 37.1. The molecule has 0 bridgehead atoms. The summed E-state index contributed by atoms with van der Waals surface area (Å²) in [7, 11) is 1.55. The van der Waals surface area contributed by atoms with E-state index in [9.17, 15) is 19.4 Å². The molecule has 0 aromatic rings. The van der Waals surface area contributed by atoms with E-state index in [4.69, 9.17) is 18.5 Å². The summed E-state index contributed by atoms with van der Waals surface area (Å²) in [5.41, 5.74) is 0. The molecule has 9 nitrogen and oxygen atoms in total. The van der Waals surface area contributed by atoms with E-state index in [-0.39, 0.29) is 26.2 Å². The van der Waals surface area contributed by atoms with Crippen LogP contribution in [-0.4, -0.2) is 80.2 Å². The second-order valence-electron chi connectivity index (χ2n) is 15.6. The van der Waals surface area contributed by atoms with E-state index in [0.29, 0.717) is 30.3 Å². The van der Waals surface area contributed by atoms with Gasteiger partial charge in [0.1, 0.15) is 19.8 Å². The summed E-state index contributed by atoms with van der Waals surface area (Å²) in [6.07, 6.45) is 46.3. The van der Waals surface area contributed by atoms with Gasteiger partial charge in [-0.15, -0.1) is 0 Å². The molecule has 0 heterocycles. The smallest absolute Gasteiger partial charge is 0.472 e. The number of phosphoric acid groups is 1. The number of quaternary nitrogens is 1. The molecule has 56 heavy (non-hydrogen) atoms. The molecule has 0 aliphatic heterocycles. The zero-order valence-electron chi connectivity index (χ0n) is 36.2. The van der Waals surface area contributed by atoms with Gasteiger partial charge in [-0.3, -0.25) is 13.8 Å². The second-order valence-corrected chi connectivity index (χ2v) is 17.1. The Morgan fingerprint density at radius 1 is 0.661 bits per heavy atom. The maximum Gasteiger partial charge on any atom is 0.472 e. The van der Waals surface area contributed by atoms with Crippen molar-refractivity contribution in [3.63, 3.8) is 0 Å². The number of rotatable bonds is 39. The van der Waals surface area contributed by atoms with E-state index < -0.39 is 26.0 Å². The number of hydrogen-bond donors (Lipinski definition) is 2. The topological polar surface area (TPSA) is 112 Å². The number of carbonyl (C=O) groups is 1. The molecule has 10 heteroatoms. The highest BCUT2D eigenvalue weighted by atomic mass is 31.2. The summed E-state index contributed by atoms with van der Waals surface area (Å²) in [6, 6.07) is 0. The van der Waals surface area contributed by atoms with Gasteiger partial charge in [0, 0.05) is 6.42 Å². The molecule has 324 valence electrons. The van der Waals surface area contributed by atoms with Gasteiger partial charge in [-0.05, 0) is 83.1 Å². The molecule has 3 atom stereocenters. The lowest BCUT2D eigenvalue weighted by Crippen LogP contribution is -2.37. The van der Waals surface area contributed by atoms with Crippen molar-refractivity contribution < 1.29 is 42.4 Å². The number of nitrogens with zero attached hydrogens (tertiary/aromatic N) is 1. The largest absolute Gasteiger partial charge is 0.498 e. The average molecular weight is 809 g/mol. The first-order valence-corrected chi connectivity index (χ1v) is 23.3. The Labute approximate surface area is 343 Å². The number of likely N-dealkylation sites (N-methyl/N-ethyl adjacent to an activating group) is 1. The Balaban J connectivity index is 4.49. The Hall–Kier alpha value is -2.26. The van der Waals surface area contributed by atoms with Crippen molar-refractivity contribution in [2.75, 3.05) is 47.5 Å². The van der Waals surface area contributed by atoms with E-state index in [1.165, 1.54) is 89.9 Å². The fourth-order valence-electron chi connectivity index (χ4n) is 5.41. The normalized spacial score (nSPS) is 15.0. The summed E-state index contributed by atoms with van der Waals surface area (Å²) < 4.78 is 34.6. The number of aliphatic hydroxyl groups is 1. The van der Waals surface area contributed by atoms with Crippen LogP contribution < -0.4 is 0 Å². The number of ether oxygens (including phenoxy) is 2. The molecular formula is C46H83NO8P+. The van der Waals surface area contributed by atoms with Crippen LogP contribution in [0.15, 0.2) is 73.1 Å². The molecular weight excluding hydrogens is 725 g/mol. The lowest BCUT2D eigenvalue weighted by Gasteiger charge is -2.24. The Morgan fingerprint density at radius 2 is 1.21 bits per heavy atom. The minimum absolute atomic E-state index is 0.000774. The van der Waals surface area contributed by atoms with Gasteiger partial charge in [-0.2, -0.15) is 0 Å². The third-order valence-electron chi connectivity index (χ3n) is 8.88. The van der Waals surface area contributed by atoms with Gasteiger partial charge >= 0.3 is 13.8 Å². The van der Waals surface area contributed by atoms with Crippen LogP contribution >= 0.6 is 7.82 Å². The number of hydrogen-bond acceptors (Lipinski definition) is 7. The monoisotopic (exact) mass is 809 g/mol. The summed E-state index contributed by atoms with van der Waals surface area (Å²) in [4.78, 5) is 22.8. The van der Waals surface area contributed by atoms with Gasteiger partial charge in [0.25, 0.3) is 0 Å². The number of esters is 1. The summed E-state index contributed by atoms with van der Waals surface area (Å²) >= 11 is 0.